The predicted molar refractivity (Wildman–Crippen MR) is 104 cm³/mol. The minimum atomic E-state index is -0.674. The quantitative estimate of drug-likeness (QED) is 0.787. The molecule has 2 aromatic rings. The van der Waals surface area contributed by atoms with Gasteiger partial charge < -0.3 is 16.0 Å². The van der Waals surface area contributed by atoms with Crippen molar-refractivity contribution < 1.29 is 14.4 Å². The van der Waals surface area contributed by atoms with Crippen LogP contribution in [0, 0.1) is 0 Å². The van der Waals surface area contributed by atoms with E-state index in [2.05, 4.69) is 10.4 Å². The average molecular weight is 383 g/mol. The Labute approximate surface area is 163 Å². The van der Waals surface area contributed by atoms with Gasteiger partial charge in [0.1, 0.15) is 5.69 Å². The number of rotatable bonds is 6. The Bertz CT molecular complexity index is 839. The summed E-state index contributed by atoms with van der Waals surface area (Å²) in [6, 6.07) is 10.3. The lowest BCUT2D eigenvalue weighted by Gasteiger charge is -2.20. The highest BCUT2D eigenvalue weighted by molar-refractivity contribution is 5.97. The van der Waals surface area contributed by atoms with Gasteiger partial charge in [-0.1, -0.05) is 31.0 Å². The SMILES string of the molecule is NC(=O)c1cc(C(=O)NCCC(=O)N2CCCCCC2)nn1-c1ccccc1. The van der Waals surface area contributed by atoms with Crippen LogP contribution < -0.4 is 11.1 Å². The molecule has 0 saturated carbocycles. The van der Waals surface area contributed by atoms with Gasteiger partial charge in [0.05, 0.1) is 5.69 Å². The second-order valence-electron chi connectivity index (χ2n) is 6.83. The van der Waals surface area contributed by atoms with Gasteiger partial charge >= 0.3 is 0 Å². The Kier molecular flexibility index (Phi) is 6.41. The smallest absolute Gasteiger partial charge is 0.271 e. The van der Waals surface area contributed by atoms with Gasteiger partial charge in [0.25, 0.3) is 11.8 Å². The molecule has 148 valence electrons. The normalized spacial score (nSPS) is 14.4. The lowest BCUT2D eigenvalue weighted by atomic mass is 10.2. The van der Waals surface area contributed by atoms with E-state index in [-0.39, 0.29) is 30.3 Å². The first-order chi connectivity index (χ1) is 13.6. The fourth-order valence-corrected chi connectivity index (χ4v) is 3.29. The summed E-state index contributed by atoms with van der Waals surface area (Å²) in [6.45, 7) is 1.80. The van der Waals surface area contributed by atoms with Crippen LogP contribution in [-0.4, -0.2) is 52.0 Å². The van der Waals surface area contributed by atoms with Crippen LogP contribution in [0.4, 0.5) is 0 Å². The highest BCUT2D eigenvalue weighted by atomic mass is 16.2. The van der Waals surface area contributed by atoms with E-state index >= 15 is 0 Å². The van der Waals surface area contributed by atoms with Crippen LogP contribution in [0.25, 0.3) is 5.69 Å². The number of likely N-dealkylation sites (tertiary alicyclic amines) is 1. The first-order valence-corrected chi connectivity index (χ1v) is 9.57. The van der Waals surface area contributed by atoms with E-state index in [4.69, 9.17) is 5.73 Å². The van der Waals surface area contributed by atoms with Crippen molar-refractivity contribution in [2.24, 2.45) is 5.73 Å². The molecule has 3 N–H and O–H groups in total. The minimum Gasteiger partial charge on any atom is -0.364 e. The molecule has 28 heavy (non-hydrogen) atoms. The maximum Gasteiger partial charge on any atom is 0.271 e. The van der Waals surface area contributed by atoms with Crippen molar-refractivity contribution in [3.05, 3.63) is 47.8 Å². The molecule has 0 unspecified atom stereocenters. The third-order valence-corrected chi connectivity index (χ3v) is 4.78. The maximum absolute atomic E-state index is 12.4. The number of para-hydroxylation sites is 1. The zero-order valence-corrected chi connectivity index (χ0v) is 15.8. The van der Waals surface area contributed by atoms with Crippen molar-refractivity contribution in [3.8, 4) is 5.69 Å². The van der Waals surface area contributed by atoms with Crippen LogP contribution in [-0.2, 0) is 4.79 Å². The van der Waals surface area contributed by atoms with Gasteiger partial charge in [0.15, 0.2) is 5.69 Å². The number of primary amides is 1. The summed E-state index contributed by atoms with van der Waals surface area (Å²) in [6.07, 6.45) is 4.63. The summed E-state index contributed by atoms with van der Waals surface area (Å²) in [4.78, 5) is 38.3. The second-order valence-corrected chi connectivity index (χ2v) is 6.83. The fourth-order valence-electron chi connectivity index (χ4n) is 3.29. The van der Waals surface area contributed by atoms with E-state index in [1.165, 1.54) is 10.7 Å². The van der Waals surface area contributed by atoms with Gasteiger partial charge in [0.2, 0.25) is 5.91 Å². The molecule has 3 amide bonds. The number of carbonyl (C=O) groups excluding carboxylic acids is 3. The predicted octanol–water partition coefficient (Wildman–Crippen LogP) is 1.49. The first kappa shape index (κ1) is 19.6. The molecule has 1 saturated heterocycles. The van der Waals surface area contributed by atoms with Gasteiger partial charge in [-0.15, -0.1) is 0 Å². The van der Waals surface area contributed by atoms with E-state index in [0.29, 0.717) is 5.69 Å². The number of nitrogens with two attached hydrogens (primary N) is 1. The lowest BCUT2D eigenvalue weighted by Crippen LogP contribution is -2.35. The molecule has 1 aliphatic rings. The molecule has 0 radical (unpaired) electrons. The zero-order chi connectivity index (χ0) is 19.9. The monoisotopic (exact) mass is 383 g/mol. The molecule has 1 fully saturated rings. The Balaban J connectivity index is 1.61. The number of nitrogens with one attached hydrogen (secondary N) is 1. The molecular formula is C20H25N5O3. The maximum atomic E-state index is 12.4. The molecule has 1 aliphatic heterocycles. The molecule has 0 atom stereocenters. The summed E-state index contributed by atoms with van der Waals surface area (Å²) in [5.74, 6) is -1.07. The number of carbonyl (C=O) groups is 3. The average Bonchev–Trinajstić information content (AvgIpc) is 2.97. The molecule has 2 heterocycles. The zero-order valence-electron chi connectivity index (χ0n) is 15.8. The summed E-state index contributed by atoms with van der Waals surface area (Å²) in [5.41, 5.74) is 6.26. The van der Waals surface area contributed by atoms with Crippen LogP contribution in [0.5, 0.6) is 0 Å². The van der Waals surface area contributed by atoms with Crippen LogP contribution in [0.15, 0.2) is 36.4 Å². The Hall–Kier alpha value is -3.16. The fraction of sp³-hybridized carbons (Fsp3) is 0.400. The van der Waals surface area contributed by atoms with E-state index in [0.717, 1.165) is 38.8 Å². The van der Waals surface area contributed by atoms with Crippen LogP contribution >= 0.6 is 0 Å². The van der Waals surface area contributed by atoms with Gasteiger partial charge in [0, 0.05) is 32.1 Å². The first-order valence-electron chi connectivity index (χ1n) is 9.57. The van der Waals surface area contributed by atoms with Gasteiger partial charge in [-0.3, -0.25) is 14.4 Å². The molecule has 1 aromatic heterocycles. The van der Waals surface area contributed by atoms with Gasteiger partial charge in [-0.25, -0.2) is 4.68 Å². The summed E-state index contributed by atoms with van der Waals surface area (Å²) < 4.78 is 1.35. The van der Waals surface area contributed by atoms with Crippen molar-refractivity contribution in [1.29, 1.82) is 0 Å². The van der Waals surface area contributed by atoms with Crippen molar-refractivity contribution in [2.75, 3.05) is 19.6 Å². The molecule has 3 rings (SSSR count). The van der Waals surface area contributed by atoms with Gasteiger partial charge in [-0.05, 0) is 25.0 Å². The molecule has 1 aromatic carbocycles. The van der Waals surface area contributed by atoms with Crippen molar-refractivity contribution in [2.45, 2.75) is 32.1 Å². The number of hydrogen-bond acceptors (Lipinski definition) is 4. The number of nitrogens with zero attached hydrogens (tertiary/aromatic N) is 3. The number of benzene rings is 1. The molecule has 0 bridgehead atoms. The lowest BCUT2D eigenvalue weighted by molar-refractivity contribution is -0.131. The summed E-state index contributed by atoms with van der Waals surface area (Å²) >= 11 is 0. The minimum absolute atomic E-state index is 0.0508. The number of hydrogen-bond donors (Lipinski definition) is 2. The summed E-state index contributed by atoms with van der Waals surface area (Å²) in [7, 11) is 0. The molecule has 8 nitrogen and oxygen atoms in total. The topological polar surface area (TPSA) is 110 Å². The molecular weight excluding hydrogens is 358 g/mol. The second kappa shape index (κ2) is 9.16. The van der Waals surface area contributed by atoms with Crippen molar-refractivity contribution >= 4 is 17.7 Å². The van der Waals surface area contributed by atoms with Crippen LogP contribution in [0.3, 0.4) is 0 Å². The standard InChI is InChI=1S/C20H25N5O3/c21-19(27)17-14-16(23-25(17)15-8-4-3-5-9-15)20(28)22-11-10-18(26)24-12-6-1-2-7-13-24/h3-5,8-9,14H,1-2,6-7,10-13H2,(H2,21,27)(H,22,28). The number of aromatic nitrogens is 2. The molecule has 0 aliphatic carbocycles. The Morgan fingerprint density at radius 2 is 1.71 bits per heavy atom. The van der Waals surface area contributed by atoms with E-state index < -0.39 is 11.8 Å². The Morgan fingerprint density at radius 1 is 1.04 bits per heavy atom. The van der Waals surface area contributed by atoms with Crippen molar-refractivity contribution in [1.82, 2.24) is 20.0 Å². The highest BCUT2D eigenvalue weighted by Crippen LogP contribution is 2.13. The van der Waals surface area contributed by atoms with Crippen molar-refractivity contribution in [3.63, 3.8) is 0 Å². The Morgan fingerprint density at radius 3 is 2.36 bits per heavy atom. The summed E-state index contributed by atoms with van der Waals surface area (Å²) in [5, 5.41) is 6.91. The van der Waals surface area contributed by atoms with Crippen LogP contribution in [0.1, 0.15) is 53.1 Å². The highest BCUT2D eigenvalue weighted by Gasteiger charge is 2.19. The third kappa shape index (κ3) is 4.76. The molecule has 0 spiro atoms. The van der Waals surface area contributed by atoms with Crippen LogP contribution in [0.2, 0.25) is 0 Å². The van der Waals surface area contributed by atoms with E-state index in [1.807, 2.05) is 11.0 Å². The van der Waals surface area contributed by atoms with Gasteiger partial charge in [-0.2, -0.15) is 5.10 Å². The molecule has 8 heteroatoms. The van der Waals surface area contributed by atoms with E-state index in [1.54, 1.807) is 24.3 Å². The third-order valence-electron chi connectivity index (χ3n) is 4.78. The number of amides is 3. The largest absolute Gasteiger partial charge is 0.364 e. The van der Waals surface area contributed by atoms with E-state index in [9.17, 15) is 14.4 Å².